The SMILES string of the molecule is Cc1c2cnn(CCCC(N)=O)c(=O)c2nn1-c1ccccc1. The van der Waals surface area contributed by atoms with E-state index in [1.165, 1.54) is 4.68 Å². The zero-order chi connectivity index (χ0) is 16.4. The first-order valence-corrected chi connectivity index (χ1v) is 7.37. The van der Waals surface area contributed by atoms with Crippen molar-refractivity contribution < 1.29 is 4.79 Å². The lowest BCUT2D eigenvalue weighted by Crippen LogP contribution is -2.24. The molecule has 1 amide bonds. The van der Waals surface area contributed by atoms with Crippen LogP contribution in [0.1, 0.15) is 18.5 Å². The van der Waals surface area contributed by atoms with Crippen molar-refractivity contribution in [2.24, 2.45) is 5.73 Å². The molecule has 0 fully saturated rings. The molecule has 0 saturated carbocycles. The van der Waals surface area contributed by atoms with Crippen LogP contribution in [0.15, 0.2) is 41.3 Å². The van der Waals surface area contributed by atoms with E-state index in [-0.39, 0.29) is 17.9 Å². The highest BCUT2D eigenvalue weighted by molar-refractivity contribution is 5.80. The van der Waals surface area contributed by atoms with E-state index in [1.54, 1.807) is 10.9 Å². The Hall–Kier alpha value is -2.96. The normalized spacial score (nSPS) is 11.0. The van der Waals surface area contributed by atoms with Gasteiger partial charge in [-0.15, -0.1) is 0 Å². The molecule has 0 aliphatic rings. The number of rotatable bonds is 5. The molecule has 118 valence electrons. The predicted octanol–water partition coefficient (Wildman–Crippen LogP) is 1.16. The highest BCUT2D eigenvalue weighted by atomic mass is 16.1. The first kappa shape index (κ1) is 15.0. The molecule has 3 rings (SSSR count). The monoisotopic (exact) mass is 311 g/mol. The molecule has 2 N–H and O–H groups in total. The second-order valence-corrected chi connectivity index (χ2v) is 5.34. The Morgan fingerprint density at radius 2 is 2.00 bits per heavy atom. The van der Waals surface area contributed by atoms with Crippen molar-refractivity contribution in [2.75, 3.05) is 0 Å². The lowest BCUT2D eigenvalue weighted by Gasteiger charge is -2.02. The first-order chi connectivity index (χ1) is 11.1. The van der Waals surface area contributed by atoms with Crippen molar-refractivity contribution in [3.8, 4) is 5.69 Å². The van der Waals surface area contributed by atoms with Crippen molar-refractivity contribution in [3.63, 3.8) is 0 Å². The summed E-state index contributed by atoms with van der Waals surface area (Å²) in [5.74, 6) is -0.386. The van der Waals surface area contributed by atoms with Gasteiger partial charge in [0.25, 0.3) is 5.56 Å². The van der Waals surface area contributed by atoms with E-state index < -0.39 is 0 Å². The fourth-order valence-corrected chi connectivity index (χ4v) is 2.51. The average molecular weight is 311 g/mol. The number of nitrogens with two attached hydrogens (primary N) is 1. The van der Waals surface area contributed by atoms with E-state index in [1.807, 2.05) is 37.3 Å². The molecule has 0 saturated heterocycles. The number of primary amides is 1. The van der Waals surface area contributed by atoms with Crippen LogP contribution in [-0.2, 0) is 11.3 Å². The number of nitrogens with zero attached hydrogens (tertiary/aromatic N) is 4. The molecule has 7 nitrogen and oxygen atoms in total. The molecule has 0 unspecified atom stereocenters. The molecule has 0 bridgehead atoms. The van der Waals surface area contributed by atoms with Crippen LogP contribution in [-0.4, -0.2) is 25.5 Å². The molecular formula is C16H17N5O2. The van der Waals surface area contributed by atoms with Crippen LogP contribution in [0.3, 0.4) is 0 Å². The van der Waals surface area contributed by atoms with Crippen molar-refractivity contribution in [1.29, 1.82) is 0 Å². The highest BCUT2D eigenvalue weighted by Gasteiger charge is 2.14. The van der Waals surface area contributed by atoms with Crippen LogP contribution in [0.5, 0.6) is 0 Å². The third kappa shape index (κ3) is 2.85. The molecule has 0 atom stereocenters. The first-order valence-electron chi connectivity index (χ1n) is 7.37. The summed E-state index contributed by atoms with van der Waals surface area (Å²) in [5.41, 5.74) is 6.98. The van der Waals surface area contributed by atoms with Gasteiger partial charge in [0, 0.05) is 18.4 Å². The summed E-state index contributed by atoms with van der Waals surface area (Å²) in [6.45, 7) is 2.25. The Balaban J connectivity index is 2.02. The molecule has 0 aliphatic heterocycles. The summed E-state index contributed by atoms with van der Waals surface area (Å²) >= 11 is 0. The number of fused-ring (bicyclic) bond motifs is 1. The smallest absolute Gasteiger partial charge is 0.295 e. The zero-order valence-electron chi connectivity index (χ0n) is 12.8. The third-order valence-corrected chi connectivity index (χ3v) is 3.72. The van der Waals surface area contributed by atoms with Gasteiger partial charge in [0.1, 0.15) is 0 Å². The minimum Gasteiger partial charge on any atom is -0.370 e. The number of amides is 1. The molecule has 0 spiro atoms. The topological polar surface area (TPSA) is 95.8 Å². The highest BCUT2D eigenvalue weighted by Crippen LogP contribution is 2.17. The van der Waals surface area contributed by atoms with E-state index in [2.05, 4.69) is 10.2 Å². The number of carbonyl (C=O) groups excluding carboxylic acids is 1. The fourth-order valence-electron chi connectivity index (χ4n) is 2.51. The number of para-hydroxylation sites is 1. The number of carbonyl (C=O) groups is 1. The lowest BCUT2D eigenvalue weighted by molar-refractivity contribution is -0.118. The third-order valence-electron chi connectivity index (χ3n) is 3.72. The minimum absolute atomic E-state index is 0.226. The van der Waals surface area contributed by atoms with Crippen LogP contribution in [0.25, 0.3) is 16.6 Å². The number of hydrogen-bond acceptors (Lipinski definition) is 4. The molecule has 2 heterocycles. The van der Waals surface area contributed by atoms with Gasteiger partial charge >= 0.3 is 0 Å². The predicted molar refractivity (Wildman–Crippen MR) is 86.3 cm³/mol. The summed E-state index contributed by atoms with van der Waals surface area (Å²) in [4.78, 5) is 23.3. The minimum atomic E-state index is -0.386. The molecule has 23 heavy (non-hydrogen) atoms. The number of aryl methyl sites for hydroxylation is 2. The molecule has 0 aliphatic carbocycles. The molecule has 0 radical (unpaired) electrons. The number of hydrogen-bond donors (Lipinski definition) is 1. The maximum atomic E-state index is 12.5. The quantitative estimate of drug-likeness (QED) is 0.764. The van der Waals surface area contributed by atoms with E-state index >= 15 is 0 Å². The molecule has 3 aromatic rings. The van der Waals surface area contributed by atoms with Crippen LogP contribution in [0.4, 0.5) is 0 Å². The number of benzene rings is 1. The Morgan fingerprint density at radius 1 is 1.26 bits per heavy atom. The summed E-state index contributed by atoms with van der Waals surface area (Å²) < 4.78 is 3.06. The largest absolute Gasteiger partial charge is 0.370 e. The second kappa shape index (κ2) is 6.04. The van der Waals surface area contributed by atoms with Crippen molar-refractivity contribution >= 4 is 16.8 Å². The Kier molecular flexibility index (Phi) is 3.92. The van der Waals surface area contributed by atoms with E-state index in [0.29, 0.717) is 18.5 Å². The van der Waals surface area contributed by atoms with Gasteiger partial charge in [0.15, 0.2) is 5.52 Å². The summed E-state index contributed by atoms with van der Waals surface area (Å²) in [6.07, 6.45) is 2.35. The van der Waals surface area contributed by atoms with Crippen molar-refractivity contribution in [2.45, 2.75) is 26.3 Å². The van der Waals surface area contributed by atoms with Gasteiger partial charge in [0.05, 0.1) is 17.6 Å². The summed E-state index contributed by atoms with van der Waals surface area (Å²) in [7, 11) is 0. The van der Waals surface area contributed by atoms with E-state index in [4.69, 9.17) is 5.73 Å². The molecule has 1 aromatic carbocycles. The molecule has 2 aromatic heterocycles. The Bertz CT molecular complexity index is 911. The molecule has 7 heteroatoms. The Labute approximate surface area is 132 Å². The van der Waals surface area contributed by atoms with Crippen LogP contribution >= 0.6 is 0 Å². The number of aromatic nitrogens is 4. The lowest BCUT2D eigenvalue weighted by atomic mass is 10.2. The average Bonchev–Trinajstić information content (AvgIpc) is 2.88. The maximum Gasteiger partial charge on any atom is 0.295 e. The molecular weight excluding hydrogens is 294 g/mol. The van der Waals surface area contributed by atoms with Gasteiger partial charge in [-0.3, -0.25) is 9.59 Å². The van der Waals surface area contributed by atoms with Crippen LogP contribution in [0, 0.1) is 6.92 Å². The summed E-state index contributed by atoms with van der Waals surface area (Å²) in [6, 6.07) is 9.62. The van der Waals surface area contributed by atoms with Crippen molar-refractivity contribution in [3.05, 3.63) is 52.6 Å². The van der Waals surface area contributed by atoms with Crippen LogP contribution < -0.4 is 11.3 Å². The van der Waals surface area contributed by atoms with Crippen molar-refractivity contribution in [1.82, 2.24) is 19.6 Å². The van der Waals surface area contributed by atoms with Gasteiger partial charge in [-0.05, 0) is 25.5 Å². The van der Waals surface area contributed by atoms with Gasteiger partial charge in [0.2, 0.25) is 5.91 Å². The second-order valence-electron chi connectivity index (χ2n) is 5.34. The standard InChI is InChI=1S/C16H17N5O2/c1-11-13-10-18-20(9-5-8-14(17)22)16(23)15(13)19-21(11)12-6-3-2-4-7-12/h2-4,6-7,10H,5,8-9H2,1H3,(H2,17,22). The zero-order valence-corrected chi connectivity index (χ0v) is 12.8. The Morgan fingerprint density at radius 3 is 2.70 bits per heavy atom. The van der Waals surface area contributed by atoms with Gasteiger partial charge in [-0.1, -0.05) is 18.2 Å². The van der Waals surface area contributed by atoms with E-state index in [9.17, 15) is 9.59 Å². The van der Waals surface area contributed by atoms with E-state index in [0.717, 1.165) is 16.8 Å². The fraction of sp³-hybridized carbons (Fsp3) is 0.250. The maximum absolute atomic E-state index is 12.5. The van der Waals surface area contributed by atoms with Crippen LogP contribution in [0.2, 0.25) is 0 Å². The van der Waals surface area contributed by atoms with Gasteiger partial charge in [-0.2, -0.15) is 10.2 Å². The van der Waals surface area contributed by atoms with Gasteiger partial charge < -0.3 is 5.73 Å². The summed E-state index contributed by atoms with van der Waals surface area (Å²) in [5, 5.41) is 9.33. The van der Waals surface area contributed by atoms with Gasteiger partial charge in [-0.25, -0.2) is 9.36 Å².